The third kappa shape index (κ3) is 1.16. The Balaban J connectivity index is 2.96. The highest BCUT2D eigenvalue weighted by atomic mass is 32.2. The first-order valence-electron chi connectivity index (χ1n) is 2.62. The molecule has 1 heterocycles. The number of thioether (sulfide) groups is 1. The monoisotopic (exact) mass is 173 g/mol. The lowest BCUT2D eigenvalue weighted by molar-refractivity contribution is -0.151. The molecule has 6 heteroatoms. The molecule has 0 aromatic heterocycles. The van der Waals surface area contributed by atoms with Crippen LogP contribution in [0.5, 0.6) is 0 Å². The minimum absolute atomic E-state index is 0.143. The highest BCUT2D eigenvalue weighted by Crippen LogP contribution is 2.13. The molecule has 11 heavy (non-hydrogen) atoms. The quantitative estimate of drug-likeness (QED) is 0.339. The molecule has 0 aliphatic carbocycles. The molecule has 1 rings (SSSR count). The van der Waals surface area contributed by atoms with E-state index in [1.54, 1.807) is 0 Å². The molecule has 58 valence electrons. The third-order valence-corrected chi connectivity index (χ3v) is 1.86. The SMILES string of the molecule is CN1C(=O)C(=O)SC(=O)C1=O. The molecule has 0 saturated carbocycles. The number of likely N-dealkylation sites (N-methyl/N-ethyl adjacent to an activating group) is 1. The van der Waals surface area contributed by atoms with E-state index in [9.17, 15) is 19.2 Å². The van der Waals surface area contributed by atoms with Gasteiger partial charge in [0.1, 0.15) is 0 Å². The second-order valence-corrected chi connectivity index (χ2v) is 2.79. The summed E-state index contributed by atoms with van der Waals surface area (Å²) >= 11 is 0.143. The molecular weight excluding hydrogens is 170 g/mol. The minimum atomic E-state index is -0.945. The molecule has 0 aromatic rings. The normalized spacial score (nSPS) is 19.5. The first-order chi connectivity index (χ1) is 5.04. The van der Waals surface area contributed by atoms with E-state index in [0.29, 0.717) is 4.90 Å². The maximum atomic E-state index is 10.7. The number of hydrogen-bond acceptors (Lipinski definition) is 5. The zero-order chi connectivity index (χ0) is 8.59. The number of carbonyl (C=O) groups excluding carboxylic acids is 4. The zero-order valence-corrected chi connectivity index (χ0v) is 6.30. The highest BCUT2D eigenvalue weighted by Gasteiger charge is 2.37. The summed E-state index contributed by atoms with van der Waals surface area (Å²) in [7, 11) is 1.10. The lowest BCUT2D eigenvalue weighted by Crippen LogP contribution is -2.45. The average molecular weight is 173 g/mol. The van der Waals surface area contributed by atoms with Crippen molar-refractivity contribution in [3.8, 4) is 0 Å². The van der Waals surface area contributed by atoms with Gasteiger partial charge in [-0.05, 0) is 0 Å². The lowest BCUT2D eigenvalue weighted by Gasteiger charge is -2.16. The molecule has 1 fully saturated rings. The molecule has 0 N–H and O–H groups in total. The van der Waals surface area contributed by atoms with Gasteiger partial charge in [0, 0.05) is 18.8 Å². The molecule has 0 bridgehead atoms. The van der Waals surface area contributed by atoms with E-state index in [2.05, 4.69) is 0 Å². The van der Waals surface area contributed by atoms with Gasteiger partial charge in [-0.15, -0.1) is 0 Å². The summed E-state index contributed by atoms with van der Waals surface area (Å²) in [4.78, 5) is 43.0. The Labute approximate surface area is 65.7 Å². The van der Waals surface area contributed by atoms with E-state index in [1.165, 1.54) is 0 Å². The van der Waals surface area contributed by atoms with Crippen LogP contribution in [0.2, 0.25) is 0 Å². The number of nitrogens with zero attached hydrogens (tertiary/aromatic N) is 1. The van der Waals surface area contributed by atoms with Crippen molar-refractivity contribution in [2.24, 2.45) is 0 Å². The molecular formula is C5H3NO4S. The summed E-state index contributed by atoms with van der Waals surface area (Å²) in [6, 6.07) is 0. The number of amides is 2. The van der Waals surface area contributed by atoms with Crippen LogP contribution >= 0.6 is 11.8 Å². The fourth-order valence-electron chi connectivity index (χ4n) is 0.538. The third-order valence-electron chi connectivity index (χ3n) is 1.14. The van der Waals surface area contributed by atoms with Crippen molar-refractivity contribution < 1.29 is 19.2 Å². The predicted molar refractivity (Wildman–Crippen MR) is 35.4 cm³/mol. The van der Waals surface area contributed by atoms with Crippen molar-refractivity contribution in [1.82, 2.24) is 4.90 Å². The van der Waals surface area contributed by atoms with Crippen LogP contribution in [0, 0.1) is 0 Å². The Morgan fingerprint density at radius 2 is 1.36 bits per heavy atom. The molecule has 5 nitrogen and oxygen atoms in total. The second-order valence-electron chi connectivity index (χ2n) is 1.85. The summed E-state index contributed by atoms with van der Waals surface area (Å²) < 4.78 is 0. The zero-order valence-electron chi connectivity index (χ0n) is 5.49. The summed E-state index contributed by atoms with van der Waals surface area (Å²) in [6.45, 7) is 0. The first kappa shape index (κ1) is 7.93. The fraction of sp³-hybridized carbons (Fsp3) is 0.200. The van der Waals surface area contributed by atoms with Crippen LogP contribution in [0.3, 0.4) is 0 Å². The van der Waals surface area contributed by atoms with Crippen LogP contribution in [0.15, 0.2) is 0 Å². The summed E-state index contributed by atoms with van der Waals surface area (Å²) in [5.74, 6) is -1.89. The van der Waals surface area contributed by atoms with Gasteiger partial charge in [-0.2, -0.15) is 0 Å². The van der Waals surface area contributed by atoms with Crippen molar-refractivity contribution in [2.75, 3.05) is 7.05 Å². The number of imide groups is 1. The van der Waals surface area contributed by atoms with Gasteiger partial charge >= 0.3 is 11.8 Å². The molecule has 1 aliphatic heterocycles. The predicted octanol–water partition coefficient (Wildman–Crippen LogP) is -1.23. The number of hydrogen-bond donors (Lipinski definition) is 0. The molecule has 1 saturated heterocycles. The van der Waals surface area contributed by atoms with Gasteiger partial charge in [0.2, 0.25) is 0 Å². The fourth-order valence-corrected chi connectivity index (χ4v) is 1.15. The van der Waals surface area contributed by atoms with Gasteiger partial charge in [0.05, 0.1) is 0 Å². The van der Waals surface area contributed by atoms with Crippen LogP contribution in [0.4, 0.5) is 0 Å². The van der Waals surface area contributed by atoms with Crippen molar-refractivity contribution >= 4 is 33.8 Å². The topological polar surface area (TPSA) is 71.5 Å². The summed E-state index contributed by atoms with van der Waals surface area (Å²) in [5, 5.41) is -1.81. The number of rotatable bonds is 0. The van der Waals surface area contributed by atoms with Gasteiger partial charge in [0.25, 0.3) is 10.2 Å². The van der Waals surface area contributed by atoms with Crippen LogP contribution in [-0.4, -0.2) is 34.0 Å². The Morgan fingerprint density at radius 1 is 1.00 bits per heavy atom. The van der Waals surface area contributed by atoms with Gasteiger partial charge in [0.15, 0.2) is 0 Å². The molecule has 1 aliphatic rings. The maximum absolute atomic E-state index is 10.7. The van der Waals surface area contributed by atoms with Gasteiger partial charge in [-0.1, -0.05) is 0 Å². The summed E-state index contributed by atoms with van der Waals surface area (Å²) in [5.41, 5.74) is 0. The first-order valence-corrected chi connectivity index (χ1v) is 3.44. The average Bonchev–Trinajstić information content (AvgIpc) is 1.97. The van der Waals surface area contributed by atoms with E-state index < -0.39 is 22.0 Å². The van der Waals surface area contributed by atoms with E-state index in [4.69, 9.17) is 0 Å². The Bertz CT molecular complexity index is 246. The van der Waals surface area contributed by atoms with Gasteiger partial charge in [-0.3, -0.25) is 24.1 Å². The van der Waals surface area contributed by atoms with Crippen molar-refractivity contribution in [1.29, 1.82) is 0 Å². The molecule has 0 spiro atoms. The molecule has 0 unspecified atom stereocenters. The smallest absolute Gasteiger partial charge is 0.275 e. The highest BCUT2D eigenvalue weighted by molar-refractivity contribution is 8.29. The van der Waals surface area contributed by atoms with E-state index >= 15 is 0 Å². The number of carbonyl (C=O) groups is 4. The lowest BCUT2D eigenvalue weighted by atomic mass is 10.5. The van der Waals surface area contributed by atoms with Crippen LogP contribution in [-0.2, 0) is 19.2 Å². The minimum Gasteiger partial charge on any atom is -0.275 e. The second kappa shape index (κ2) is 2.46. The van der Waals surface area contributed by atoms with E-state index in [0.717, 1.165) is 7.05 Å². The van der Waals surface area contributed by atoms with Crippen LogP contribution in [0.1, 0.15) is 0 Å². The van der Waals surface area contributed by atoms with E-state index in [-0.39, 0.29) is 11.8 Å². The molecule has 0 aromatic carbocycles. The van der Waals surface area contributed by atoms with Crippen LogP contribution < -0.4 is 0 Å². The Hall–Kier alpha value is -1.17. The van der Waals surface area contributed by atoms with E-state index in [1.807, 2.05) is 0 Å². The van der Waals surface area contributed by atoms with Crippen molar-refractivity contribution in [2.45, 2.75) is 0 Å². The largest absolute Gasteiger partial charge is 0.308 e. The van der Waals surface area contributed by atoms with Gasteiger partial charge < -0.3 is 0 Å². The van der Waals surface area contributed by atoms with Crippen molar-refractivity contribution in [3.63, 3.8) is 0 Å². The summed E-state index contributed by atoms with van der Waals surface area (Å²) in [6.07, 6.45) is 0. The standard InChI is InChI=1S/C5H3NO4S/c1-6-2(7)4(9)11-5(10)3(6)8/h1H3. The van der Waals surface area contributed by atoms with Crippen molar-refractivity contribution in [3.05, 3.63) is 0 Å². The Kier molecular flexibility index (Phi) is 1.77. The molecule has 2 amide bonds. The molecule has 0 radical (unpaired) electrons. The van der Waals surface area contributed by atoms with Gasteiger partial charge in [-0.25, -0.2) is 0 Å². The maximum Gasteiger partial charge on any atom is 0.308 e. The molecule has 0 atom stereocenters. The van der Waals surface area contributed by atoms with Crippen LogP contribution in [0.25, 0.3) is 0 Å². The Morgan fingerprint density at radius 3 is 1.73 bits per heavy atom.